The number of rotatable bonds is 5. The SMILES string of the molecule is CS(=O)(=O)N1CCN(c2cc(CN)nc(-c3ccc(N4CCOCC4)cc3)n2)CC1. The molecule has 3 heterocycles. The maximum Gasteiger partial charge on any atom is 0.211 e. The molecule has 0 bridgehead atoms. The minimum atomic E-state index is -3.17. The Balaban J connectivity index is 1.54. The molecule has 0 amide bonds. The zero-order valence-electron chi connectivity index (χ0n) is 17.2. The first-order chi connectivity index (χ1) is 14.4. The zero-order chi connectivity index (χ0) is 21.1. The van der Waals surface area contributed by atoms with Crippen molar-refractivity contribution in [3.63, 3.8) is 0 Å². The number of anilines is 2. The number of hydrogen-bond donors (Lipinski definition) is 1. The van der Waals surface area contributed by atoms with Crippen molar-refractivity contribution in [2.75, 3.05) is 68.5 Å². The standard InChI is InChI=1S/C20H28N6O3S/c1-30(27,28)26-8-6-25(7-9-26)19-14-17(15-21)22-20(23-19)16-2-4-18(5-3-16)24-10-12-29-13-11-24/h2-5,14H,6-13,15,21H2,1H3. The lowest BCUT2D eigenvalue weighted by Crippen LogP contribution is -2.48. The number of sulfonamides is 1. The molecule has 2 aromatic rings. The van der Waals surface area contributed by atoms with Crippen molar-refractivity contribution in [3.8, 4) is 11.4 Å². The van der Waals surface area contributed by atoms with E-state index in [1.807, 2.05) is 18.2 Å². The van der Waals surface area contributed by atoms with Crippen LogP contribution in [0.15, 0.2) is 30.3 Å². The van der Waals surface area contributed by atoms with E-state index in [0.29, 0.717) is 38.5 Å². The van der Waals surface area contributed by atoms with Crippen molar-refractivity contribution in [1.82, 2.24) is 14.3 Å². The molecule has 0 radical (unpaired) electrons. The maximum atomic E-state index is 11.8. The second kappa shape index (κ2) is 8.84. The van der Waals surface area contributed by atoms with Gasteiger partial charge in [-0.1, -0.05) is 0 Å². The van der Waals surface area contributed by atoms with Gasteiger partial charge in [-0.2, -0.15) is 4.31 Å². The molecule has 2 fully saturated rings. The molecular weight excluding hydrogens is 404 g/mol. The molecule has 2 aliphatic rings. The van der Waals surface area contributed by atoms with E-state index in [1.165, 1.54) is 10.6 Å². The fraction of sp³-hybridized carbons (Fsp3) is 0.500. The van der Waals surface area contributed by atoms with Gasteiger partial charge in [0.2, 0.25) is 10.0 Å². The Kier molecular flexibility index (Phi) is 6.19. The Labute approximate surface area is 177 Å². The molecule has 2 saturated heterocycles. The first kappa shape index (κ1) is 21.0. The van der Waals surface area contributed by atoms with Crippen LogP contribution in [0.2, 0.25) is 0 Å². The van der Waals surface area contributed by atoms with Crippen LogP contribution in [-0.2, 0) is 21.3 Å². The van der Waals surface area contributed by atoms with E-state index in [0.717, 1.165) is 49.1 Å². The Morgan fingerprint density at radius 2 is 1.63 bits per heavy atom. The normalized spacial score (nSPS) is 18.6. The summed E-state index contributed by atoms with van der Waals surface area (Å²) in [6.07, 6.45) is 1.25. The molecule has 1 aromatic heterocycles. The van der Waals surface area contributed by atoms with E-state index >= 15 is 0 Å². The summed E-state index contributed by atoms with van der Waals surface area (Å²) in [6, 6.07) is 10.1. The third-order valence-electron chi connectivity index (χ3n) is 5.51. The third kappa shape index (κ3) is 4.72. The summed E-state index contributed by atoms with van der Waals surface area (Å²) in [5.74, 6) is 1.41. The summed E-state index contributed by atoms with van der Waals surface area (Å²) in [7, 11) is -3.17. The second-order valence-electron chi connectivity index (χ2n) is 7.54. The molecule has 1 aromatic carbocycles. The van der Waals surface area contributed by atoms with Gasteiger partial charge in [-0.05, 0) is 24.3 Å². The molecule has 2 aliphatic heterocycles. The van der Waals surface area contributed by atoms with Crippen LogP contribution < -0.4 is 15.5 Å². The van der Waals surface area contributed by atoms with Crippen LogP contribution in [0.4, 0.5) is 11.5 Å². The Morgan fingerprint density at radius 1 is 0.967 bits per heavy atom. The van der Waals surface area contributed by atoms with E-state index in [-0.39, 0.29) is 0 Å². The lowest BCUT2D eigenvalue weighted by Gasteiger charge is -2.34. The summed E-state index contributed by atoms with van der Waals surface area (Å²) in [5.41, 5.74) is 8.73. The van der Waals surface area contributed by atoms with Crippen LogP contribution in [0, 0.1) is 0 Å². The molecule has 9 nitrogen and oxygen atoms in total. The molecule has 162 valence electrons. The number of nitrogens with zero attached hydrogens (tertiary/aromatic N) is 5. The van der Waals surface area contributed by atoms with Crippen molar-refractivity contribution in [3.05, 3.63) is 36.0 Å². The van der Waals surface area contributed by atoms with Crippen molar-refractivity contribution in [2.24, 2.45) is 5.73 Å². The van der Waals surface area contributed by atoms with Gasteiger partial charge < -0.3 is 20.3 Å². The number of benzene rings is 1. The van der Waals surface area contributed by atoms with Crippen LogP contribution in [0.3, 0.4) is 0 Å². The minimum Gasteiger partial charge on any atom is -0.378 e. The summed E-state index contributed by atoms with van der Waals surface area (Å²) in [5, 5.41) is 0. The smallest absolute Gasteiger partial charge is 0.211 e. The van der Waals surface area contributed by atoms with Crippen LogP contribution in [0.1, 0.15) is 5.69 Å². The largest absolute Gasteiger partial charge is 0.378 e. The minimum absolute atomic E-state index is 0.317. The second-order valence-corrected chi connectivity index (χ2v) is 9.52. The monoisotopic (exact) mass is 432 g/mol. The number of hydrogen-bond acceptors (Lipinski definition) is 8. The van der Waals surface area contributed by atoms with E-state index in [2.05, 4.69) is 26.9 Å². The Bertz CT molecular complexity index is 969. The number of piperazine rings is 1. The van der Waals surface area contributed by atoms with Gasteiger partial charge in [-0.25, -0.2) is 18.4 Å². The molecular formula is C20H28N6O3S. The van der Waals surface area contributed by atoms with E-state index in [1.54, 1.807) is 0 Å². The van der Waals surface area contributed by atoms with Crippen molar-refractivity contribution >= 4 is 21.5 Å². The van der Waals surface area contributed by atoms with Crippen LogP contribution in [0.5, 0.6) is 0 Å². The topological polar surface area (TPSA) is 105 Å². The Morgan fingerprint density at radius 3 is 2.23 bits per heavy atom. The zero-order valence-corrected chi connectivity index (χ0v) is 18.0. The van der Waals surface area contributed by atoms with Crippen LogP contribution in [-0.4, -0.2) is 81.4 Å². The summed E-state index contributed by atoms with van der Waals surface area (Å²) >= 11 is 0. The van der Waals surface area contributed by atoms with E-state index in [4.69, 9.17) is 15.5 Å². The van der Waals surface area contributed by atoms with Gasteiger partial charge in [0.1, 0.15) is 5.82 Å². The van der Waals surface area contributed by atoms with Crippen LogP contribution in [0.25, 0.3) is 11.4 Å². The predicted octanol–water partition coefficient (Wildman–Crippen LogP) is 0.521. The van der Waals surface area contributed by atoms with Gasteiger partial charge in [0.15, 0.2) is 5.82 Å². The third-order valence-corrected chi connectivity index (χ3v) is 6.81. The van der Waals surface area contributed by atoms with Gasteiger partial charge in [0.25, 0.3) is 0 Å². The molecule has 4 rings (SSSR count). The number of ether oxygens (including phenoxy) is 1. The van der Waals surface area contributed by atoms with Gasteiger partial charge in [-0.15, -0.1) is 0 Å². The lowest BCUT2D eigenvalue weighted by atomic mass is 10.1. The van der Waals surface area contributed by atoms with Gasteiger partial charge in [0, 0.05) is 63.1 Å². The quantitative estimate of drug-likeness (QED) is 0.729. The van der Waals surface area contributed by atoms with Crippen molar-refractivity contribution in [2.45, 2.75) is 6.54 Å². The van der Waals surface area contributed by atoms with Gasteiger partial charge in [0.05, 0.1) is 25.2 Å². The highest BCUT2D eigenvalue weighted by atomic mass is 32.2. The molecule has 0 aliphatic carbocycles. The molecule has 0 saturated carbocycles. The fourth-order valence-corrected chi connectivity index (χ4v) is 4.60. The molecule has 0 unspecified atom stereocenters. The highest BCUT2D eigenvalue weighted by Crippen LogP contribution is 2.24. The summed E-state index contributed by atoms with van der Waals surface area (Å²) in [4.78, 5) is 13.8. The number of nitrogens with two attached hydrogens (primary N) is 1. The summed E-state index contributed by atoms with van der Waals surface area (Å²) < 4.78 is 30.5. The average Bonchev–Trinajstić information content (AvgIpc) is 2.79. The molecule has 0 spiro atoms. The van der Waals surface area contributed by atoms with Crippen molar-refractivity contribution < 1.29 is 13.2 Å². The van der Waals surface area contributed by atoms with E-state index in [9.17, 15) is 8.42 Å². The van der Waals surface area contributed by atoms with Crippen molar-refractivity contribution in [1.29, 1.82) is 0 Å². The fourth-order valence-electron chi connectivity index (χ4n) is 3.77. The first-order valence-electron chi connectivity index (χ1n) is 10.2. The van der Waals surface area contributed by atoms with E-state index < -0.39 is 10.0 Å². The average molecular weight is 433 g/mol. The predicted molar refractivity (Wildman–Crippen MR) is 117 cm³/mol. The molecule has 0 atom stereocenters. The summed E-state index contributed by atoms with van der Waals surface area (Å²) in [6.45, 7) is 5.67. The highest BCUT2D eigenvalue weighted by Gasteiger charge is 2.24. The molecule has 2 N–H and O–H groups in total. The lowest BCUT2D eigenvalue weighted by molar-refractivity contribution is 0.122. The van der Waals surface area contributed by atoms with Crippen LogP contribution >= 0.6 is 0 Å². The molecule has 10 heteroatoms. The maximum absolute atomic E-state index is 11.8. The van der Waals surface area contributed by atoms with Gasteiger partial charge >= 0.3 is 0 Å². The molecule has 30 heavy (non-hydrogen) atoms. The first-order valence-corrected chi connectivity index (χ1v) is 12.0. The number of morpholine rings is 1. The highest BCUT2D eigenvalue weighted by molar-refractivity contribution is 7.88. The number of aromatic nitrogens is 2. The van der Waals surface area contributed by atoms with Gasteiger partial charge in [-0.3, -0.25) is 0 Å². The Hall–Kier alpha value is -2.27.